The summed E-state index contributed by atoms with van der Waals surface area (Å²) >= 11 is 7.60. The minimum Gasteiger partial charge on any atom is -0.327 e. The first-order chi connectivity index (χ1) is 7.49. The van der Waals surface area contributed by atoms with Gasteiger partial charge in [0.25, 0.3) is 0 Å². The van der Waals surface area contributed by atoms with Crippen LogP contribution < -0.4 is 5.73 Å². The van der Waals surface area contributed by atoms with Gasteiger partial charge in [-0.25, -0.2) is 0 Å². The predicted molar refractivity (Wildman–Crippen MR) is 72.1 cm³/mol. The van der Waals surface area contributed by atoms with Gasteiger partial charge in [0.05, 0.1) is 4.34 Å². The lowest BCUT2D eigenvalue weighted by Crippen LogP contribution is -2.37. The maximum atomic E-state index is 6.36. The molecule has 16 heavy (non-hydrogen) atoms. The Balaban J connectivity index is 2.00. The highest BCUT2D eigenvalue weighted by Gasteiger charge is 2.38. The molecule has 1 nitrogen and oxygen atoms in total. The van der Waals surface area contributed by atoms with Crippen LogP contribution >= 0.6 is 22.9 Å². The van der Waals surface area contributed by atoms with Gasteiger partial charge in [-0.1, -0.05) is 31.9 Å². The summed E-state index contributed by atoms with van der Waals surface area (Å²) in [5, 5.41) is 0. The molecule has 1 aromatic rings. The van der Waals surface area contributed by atoms with Gasteiger partial charge in [-0.2, -0.15) is 0 Å². The highest BCUT2D eigenvalue weighted by atomic mass is 35.5. The van der Waals surface area contributed by atoms with Crippen LogP contribution in [0.15, 0.2) is 12.1 Å². The third kappa shape index (κ3) is 2.61. The third-order valence-corrected chi connectivity index (χ3v) is 5.18. The maximum Gasteiger partial charge on any atom is 0.0931 e. The van der Waals surface area contributed by atoms with Crippen LogP contribution in [0.5, 0.6) is 0 Å². The summed E-state index contributed by atoms with van der Waals surface area (Å²) in [4.78, 5) is 1.32. The quantitative estimate of drug-likeness (QED) is 0.867. The van der Waals surface area contributed by atoms with E-state index in [2.05, 4.69) is 19.9 Å². The molecule has 3 heteroatoms. The number of thiophene rings is 1. The van der Waals surface area contributed by atoms with Crippen molar-refractivity contribution in [3.05, 3.63) is 21.3 Å². The number of hydrogen-bond donors (Lipinski definition) is 1. The van der Waals surface area contributed by atoms with Crippen molar-refractivity contribution in [2.75, 3.05) is 0 Å². The molecule has 1 heterocycles. The third-order valence-electron chi connectivity index (χ3n) is 3.92. The van der Waals surface area contributed by atoms with E-state index in [4.69, 9.17) is 17.3 Å². The van der Waals surface area contributed by atoms with Gasteiger partial charge in [0.1, 0.15) is 0 Å². The average Bonchev–Trinajstić information content (AvgIpc) is 2.72. The molecule has 0 aliphatic heterocycles. The van der Waals surface area contributed by atoms with E-state index >= 15 is 0 Å². The van der Waals surface area contributed by atoms with E-state index in [-0.39, 0.29) is 6.04 Å². The number of nitrogens with two attached hydrogens (primary N) is 1. The average molecular weight is 258 g/mol. The molecule has 1 aliphatic rings. The first kappa shape index (κ1) is 12.4. The highest BCUT2D eigenvalue weighted by Crippen LogP contribution is 2.44. The highest BCUT2D eigenvalue weighted by molar-refractivity contribution is 7.16. The molecule has 0 bridgehead atoms. The lowest BCUT2D eigenvalue weighted by molar-refractivity contribution is 0.220. The molecule has 1 aromatic heterocycles. The van der Waals surface area contributed by atoms with Crippen LogP contribution in [0.2, 0.25) is 4.34 Å². The fourth-order valence-corrected chi connectivity index (χ4v) is 4.14. The number of halogens is 1. The van der Waals surface area contributed by atoms with Gasteiger partial charge in [-0.15, -0.1) is 11.3 Å². The lowest BCUT2D eigenvalue weighted by Gasteiger charge is -2.31. The molecule has 1 aliphatic carbocycles. The lowest BCUT2D eigenvalue weighted by atomic mass is 9.77. The van der Waals surface area contributed by atoms with Crippen molar-refractivity contribution in [2.24, 2.45) is 17.1 Å². The summed E-state index contributed by atoms with van der Waals surface area (Å²) < 4.78 is 0.868. The van der Waals surface area contributed by atoms with Crippen LogP contribution in [0.3, 0.4) is 0 Å². The second-order valence-corrected chi connectivity index (χ2v) is 7.36. The molecule has 90 valence electrons. The Bertz CT molecular complexity index is 359. The predicted octanol–water partition coefficient (Wildman–Crippen LogP) is 4.10. The van der Waals surface area contributed by atoms with E-state index in [0.717, 1.165) is 10.8 Å². The Kier molecular flexibility index (Phi) is 3.62. The Morgan fingerprint density at radius 2 is 2.31 bits per heavy atom. The fraction of sp³-hybridized carbons (Fsp3) is 0.692. The summed E-state index contributed by atoms with van der Waals surface area (Å²) in [6.45, 7) is 4.71. The fourth-order valence-electron chi connectivity index (χ4n) is 2.98. The zero-order valence-electron chi connectivity index (χ0n) is 10.0. The van der Waals surface area contributed by atoms with Crippen LogP contribution in [-0.4, -0.2) is 6.04 Å². The summed E-state index contributed by atoms with van der Waals surface area (Å²) in [7, 11) is 0. The molecule has 1 saturated carbocycles. The molecule has 0 aromatic carbocycles. The van der Waals surface area contributed by atoms with Gasteiger partial charge in [-0.05, 0) is 42.7 Å². The molecular weight excluding hydrogens is 238 g/mol. The Labute approximate surface area is 107 Å². The Morgan fingerprint density at radius 3 is 2.81 bits per heavy atom. The van der Waals surface area contributed by atoms with E-state index in [9.17, 15) is 0 Å². The van der Waals surface area contributed by atoms with Gasteiger partial charge < -0.3 is 5.73 Å². The molecule has 0 amide bonds. The second-order valence-electron chi connectivity index (χ2n) is 5.56. The van der Waals surface area contributed by atoms with Crippen LogP contribution in [0.4, 0.5) is 0 Å². The van der Waals surface area contributed by atoms with Crippen molar-refractivity contribution in [1.29, 1.82) is 0 Å². The van der Waals surface area contributed by atoms with Crippen LogP contribution in [0.1, 0.15) is 38.0 Å². The number of hydrogen-bond acceptors (Lipinski definition) is 2. The molecule has 2 rings (SSSR count). The Hall–Kier alpha value is -0.0500. The van der Waals surface area contributed by atoms with Crippen molar-refractivity contribution in [3.8, 4) is 0 Å². The SMILES string of the molecule is CC1(C)CCCC1C(N)Cc1ccc(Cl)s1. The summed E-state index contributed by atoms with van der Waals surface area (Å²) in [5.74, 6) is 0.661. The van der Waals surface area contributed by atoms with Crippen molar-refractivity contribution in [2.45, 2.75) is 45.6 Å². The zero-order valence-corrected chi connectivity index (χ0v) is 11.6. The molecule has 2 unspecified atom stereocenters. The topological polar surface area (TPSA) is 26.0 Å². The van der Waals surface area contributed by atoms with Gasteiger partial charge in [0, 0.05) is 10.9 Å². The molecule has 0 saturated heterocycles. The minimum absolute atomic E-state index is 0.284. The van der Waals surface area contributed by atoms with Crippen LogP contribution in [0, 0.1) is 11.3 Å². The van der Waals surface area contributed by atoms with E-state index in [1.54, 1.807) is 11.3 Å². The molecule has 1 fully saturated rings. The molecule has 2 N–H and O–H groups in total. The zero-order chi connectivity index (χ0) is 11.8. The van der Waals surface area contributed by atoms with E-state index in [1.165, 1.54) is 24.1 Å². The molecule has 2 atom stereocenters. The van der Waals surface area contributed by atoms with Crippen LogP contribution in [-0.2, 0) is 6.42 Å². The van der Waals surface area contributed by atoms with Gasteiger partial charge in [0.15, 0.2) is 0 Å². The normalized spacial score (nSPS) is 25.9. The molecule has 0 radical (unpaired) electrons. The van der Waals surface area contributed by atoms with Crippen LogP contribution in [0.25, 0.3) is 0 Å². The first-order valence-corrected chi connectivity index (χ1v) is 7.18. The van der Waals surface area contributed by atoms with Crippen molar-refractivity contribution < 1.29 is 0 Å². The summed E-state index contributed by atoms with van der Waals surface area (Å²) in [5.41, 5.74) is 6.78. The van der Waals surface area contributed by atoms with Gasteiger partial charge in [-0.3, -0.25) is 0 Å². The standard InChI is InChI=1S/C13H20ClNS/c1-13(2)7-3-4-10(13)11(15)8-9-5-6-12(14)16-9/h5-6,10-11H,3-4,7-8,15H2,1-2H3. The second kappa shape index (κ2) is 4.67. The minimum atomic E-state index is 0.284. The molecular formula is C13H20ClNS. The van der Waals surface area contributed by atoms with Crippen molar-refractivity contribution in [3.63, 3.8) is 0 Å². The first-order valence-electron chi connectivity index (χ1n) is 5.99. The van der Waals surface area contributed by atoms with E-state index in [1.807, 2.05) is 6.07 Å². The smallest absolute Gasteiger partial charge is 0.0931 e. The monoisotopic (exact) mass is 257 g/mol. The number of rotatable bonds is 3. The Morgan fingerprint density at radius 1 is 1.56 bits per heavy atom. The summed E-state index contributed by atoms with van der Waals surface area (Å²) in [6, 6.07) is 4.36. The van der Waals surface area contributed by atoms with Crippen molar-refractivity contribution >= 4 is 22.9 Å². The van der Waals surface area contributed by atoms with Gasteiger partial charge >= 0.3 is 0 Å². The van der Waals surface area contributed by atoms with Gasteiger partial charge in [0.2, 0.25) is 0 Å². The maximum absolute atomic E-state index is 6.36. The molecule has 0 spiro atoms. The van der Waals surface area contributed by atoms with E-state index < -0.39 is 0 Å². The van der Waals surface area contributed by atoms with E-state index in [0.29, 0.717) is 11.3 Å². The summed E-state index contributed by atoms with van der Waals surface area (Å²) in [6.07, 6.45) is 4.91. The van der Waals surface area contributed by atoms with Crippen molar-refractivity contribution in [1.82, 2.24) is 0 Å². The largest absolute Gasteiger partial charge is 0.327 e.